The number of rotatable bonds is 11. The van der Waals surface area contributed by atoms with E-state index in [-0.39, 0.29) is 18.4 Å². The highest BCUT2D eigenvalue weighted by Gasteiger charge is 2.12. The summed E-state index contributed by atoms with van der Waals surface area (Å²) in [7, 11) is 5.50. The molecule has 0 aliphatic rings. The summed E-state index contributed by atoms with van der Waals surface area (Å²) in [5.74, 6) is 2.86. The number of terminal acetylenes is 1. The largest absolute Gasteiger partial charge is 0.493 e. The van der Waals surface area contributed by atoms with Crippen molar-refractivity contribution in [2.45, 2.75) is 6.42 Å². The highest BCUT2D eigenvalue weighted by molar-refractivity contribution is 6.07. The van der Waals surface area contributed by atoms with Gasteiger partial charge in [0.25, 0.3) is 5.91 Å². The molecule has 0 spiro atoms. The van der Waals surface area contributed by atoms with Crippen LogP contribution >= 0.6 is 0 Å². The summed E-state index contributed by atoms with van der Waals surface area (Å²) in [5.41, 5.74) is 1.61. The van der Waals surface area contributed by atoms with Crippen LogP contribution in [0.2, 0.25) is 0 Å². The van der Waals surface area contributed by atoms with Gasteiger partial charge in [-0.05, 0) is 63.0 Å². The molecule has 0 aliphatic heterocycles. The Morgan fingerprint density at radius 2 is 1.94 bits per heavy atom. The third-order valence-electron chi connectivity index (χ3n) is 4.42. The summed E-state index contributed by atoms with van der Waals surface area (Å²) < 4.78 is 10.7. The van der Waals surface area contributed by atoms with Crippen LogP contribution in [0.3, 0.4) is 0 Å². The summed E-state index contributed by atoms with van der Waals surface area (Å²) in [6.07, 6.45) is 9.09. The molecule has 168 valence electrons. The standard InChI is InChI=1S/C25H29N3O4/c1-5-17-32-22-13-11-19(18-23(22)31-4)12-14-24(29)27-21-10-7-6-9-20(21)25(30)26-15-8-16-28(2)3/h1,6-7,9-14,18H,8,15-17H2,2-4H3,(H,26,30)(H,27,29)/b14-12+. The number of amides is 2. The first kappa shape index (κ1) is 24.5. The Kier molecular flexibility index (Phi) is 9.82. The van der Waals surface area contributed by atoms with E-state index in [2.05, 4.69) is 21.5 Å². The number of hydrogen-bond donors (Lipinski definition) is 2. The number of nitrogens with zero attached hydrogens (tertiary/aromatic N) is 1. The van der Waals surface area contributed by atoms with Gasteiger partial charge in [-0.25, -0.2) is 0 Å². The molecule has 0 aliphatic carbocycles. The molecule has 2 aromatic rings. The molecule has 0 heterocycles. The number of hydrogen-bond acceptors (Lipinski definition) is 5. The van der Waals surface area contributed by atoms with Crippen LogP contribution in [0.15, 0.2) is 48.5 Å². The summed E-state index contributed by atoms with van der Waals surface area (Å²) in [4.78, 5) is 27.0. The Hall–Kier alpha value is -3.76. The molecule has 0 saturated heterocycles. The quantitative estimate of drug-likeness (QED) is 0.322. The SMILES string of the molecule is C#CCOc1ccc(/C=C/C(=O)Nc2ccccc2C(=O)NCCCN(C)C)cc1OC. The smallest absolute Gasteiger partial charge is 0.253 e. The molecule has 7 nitrogen and oxygen atoms in total. The second-order valence-electron chi connectivity index (χ2n) is 7.18. The summed E-state index contributed by atoms with van der Waals surface area (Å²) in [6, 6.07) is 12.2. The molecule has 0 saturated carbocycles. The molecule has 2 rings (SSSR count). The molecule has 0 aromatic heterocycles. The molecule has 2 N–H and O–H groups in total. The van der Waals surface area contributed by atoms with Crippen LogP contribution < -0.4 is 20.1 Å². The van der Waals surface area contributed by atoms with Crippen molar-refractivity contribution in [1.82, 2.24) is 10.2 Å². The summed E-state index contributed by atoms with van der Waals surface area (Å²) in [5, 5.41) is 5.65. The minimum absolute atomic E-state index is 0.136. The zero-order valence-electron chi connectivity index (χ0n) is 18.7. The highest BCUT2D eigenvalue weighted by Crippen LogP contribution is 2.28. The third kappa shape index (κ3) is 7.82. The van der Waals surface area contributed by atoms with Crippen molar-refractivity contribution >= 4 is 23.6 Å². The van der Waals surface area contributed by atoms with Gasteiger partial charge in [-0.15, -0.1) is 6.42 Å². The molecule has 7 heteroatoms. The number of ether oxygens (including phenoxy) is 2. The van der Waals surface area contributed by atoms with E-state index in [1.807, 2.05) is 14.1 Å². The van der Waals surface area contributed by atoms with Gasteiger partial charge < -0.3 is 25.0 Å². The number of para-hydroxylation sites is 1. The third-order valence-corrected chi connectivity index (χ3v) is 4.42. The van der Waals surface area contributed by atoms with Crippen molar-refractivity contribution in [2.24, 2.45) is 0 Å². The zero-order valence-corrected chi connectivity index (χ0v) is 18.7. The monoisotopic (exact) mass is 435 g/mol. The normalized spacial score (nSPS) is 10.6. The van der Waals surface area contributed by atoms with Crippen molar-refractivity contribution in [1.29, 1.82) is 0 Å². The summed E-state index contributed by atoms with van der Waals surface area (Å²) >= 11 is 0. The van der Waals surface area contributed by atoms with E-state index in [1.54, 1.807) is 48.5 Å². The number of nitrogens with one attached hydrogen (secondary N) is 2. The molecule has 0 atom stereocenters. The molecule has 0 unspecified atom stereocenters. The van der Waals surface area contributed by atoms with Crippen molar-refractivity contribution < 1.29 is 19.1 Å². The first-order chi connectivity index (χ1) is 15.4. The maximum atomic E-state index is 12.5. The van der Waals surface area contributed by atoms with Crippen LogP contribution in [0.25, 0.3) is 6.08 Å². The predicted octanol–water partition coefficient (Wildman–Crippen LogP) is 3.04. The van der Waals surface area contributed by atoms with Gasteiger partial charge in [-0.2, -0.15) is 0 Å². The molecule has 0 radical (unpaired) electrons. The van der Waals surface area contributed by atoms with Crippen LogP contribution in [0.1, 0.15) is 22.3 Å². The van der Waals surface area contributed by atoms with E-state index >= 15 is 0 Å². The summed E-state index contributed by atoms with van der Waals surface area (Å²) in [6.45, 7) is 1.57. The van der Waals surface area contributed by atoms with Crippen LogP contribution in [0.4, 0.5) is 5.69 Å². The lowest BCUT2D eigenvalue weighted by Crippen LogP contribution is -2.28. The fourth-order valence-electron chi connectivity index (χ4n) is 2.86. The van der Waals surface area contributed by atoms with Gasteiger partial charge in [-0.3, -0.25) is 9.59 Å². The Labute approximate surface area is 189 Å². The lowest BCUT2D eigenvalue weighted by atomic mass is 10.1. The van der Waals surface area contributed by atoms with E-state index in [0.717, 1.165) is 18.5 Å². The molecule has 2 amide bonds. The number of anilines is 1. The molecule has 32 heavy (non-hydrogen) atoms. The Morgan fingerprint density at radius 3 is 2.66 bits per heavy atom. The fourth-order valence-corrected chi connectivity index (χ4v) is 2.86. The maximum absolute atomic E-state index is 12.5. The van der Waals surface area contributed by atoms with Crippen LogP contribution in [-0.4, -0.2) is 57.6 Å². The Morgan fingerprint density at radius 1 is 1.16 bits per heavy atom. The predicted molar refractivity (Wildman–Crippen MR) is 127 cm³/mol. The Balaban J connectivity index is 2.02. The van der Waals surface area contributed by atoms with Crippen molar-refractivity contribution in [3.8, 4) is 23.8 Å². The van der Waals surface area contributed by atoms with Gasteiger partial charge in [0, 0.05) is 12.6 Å². The minimum Gasteiger partial charge on any atom is -0.493 e. The lowest BCUT2D eigenvalue weighted by molar-refractivity contribution is -0.111. The van der Waals surface area contributed by atoms with E-state index in [0.29, 0.717) is 29.3 Å². The van der Waals surface area contributed by atoms with Gasteiger partial charge in [0.05, 0.1) is 18.4 Å². The minimum atomic E-state index is -0.357. The molecular weight excluding hydrogens is 406 g/mol. The van der Waals surface area contributed by atoms with E-state index < -0.39 is 0 Å². The highest BCUT2D eigenvalue weighted by atomic mass is 16.5. The van der Waals surface area contributed by atoms with Gasteiger partial charge in [0.1, 0.15) is 6.61 Å². The van der Waals surface area contributed by atoms with Gasteiger partial charge in [-0.1, -0.05) is 24.1 Å². The second kappa shape index (κ2) is 12.8. The molecule has 2 aromatic carbocycles. The first-order valence-electron chi connectivity index (χ1n) is 10.2. The van der Waals surface area contributed by atoms with Crippen LogP contribution in [0.5, 0.6) is 11.5 Å². The van der Waals surface area contributed by atoms with Crippen molar-refractivity contribution in [3.63, 3.8) is 0 Å². The molecule has 0 bridgehead atoms. The number of carbonyl (C=O) groups is 2. The average molecular weight is 436 g/mol. The van der Waals surface area contributed by atoms with Gasteiger partial charge in [0.15, 0.2) is 11.5 Å². The molecular formula is C25H29N3O4. The van der Waals surface area contributed by atoms with Crippen molar-refractivity contribution in [2.75, 3.05) is 46.2 Å². The first-order valence-corrected chi connectivity index (χ1v) is 10.2. The average Bonchev–Trinajstić information content (AvgIpc) is 2.79. The number of carbonyl (C=O) groups excluding carboxylic acids is 2. The number of methoxy groups -OCH3 is 1. The topological polar surface area (TPSA) is 79.9 Å². The van der Waals surface area contributed by atoms with E-state index in [1.165, 1.54) is 13.2 Å². The van der Waals surface area contributed by atoms with Gasteiger partial charge in [0.2, 0.25) is 5.91 Å². The van der Waals surface area contributed by atoms with E-state index in [4.69, 9.17) is 15.9 Å². The second-order valence-corrected chi connectivity index (χ2v) is 7.18. The van der Waals surface area contributed by atoms with Crippen LogP contribution in [-0.2, 0) is 4.79 Å². The maximum Gasteiger partial charge on any atom is 0.253 e. The molecule has 0 fully saturated rings. The zero-order chi connectivity index (χ0) is 23.3. The lowest BCUT2D eigenvalue weighted by Gasteiger charge is -2.12. The fraction of sp³-hybridized carbons (Fsp3) is 0.280. The van der Waals surface area contributed by atoms with Crippen LogP contribution in [0, 0.1) is 12.3 Å². The van der Waals surface area contributed by atoms with Gasteiger partial charge >= 0.3 is 0 Å². The Bertz CT molecular complexity index is 993. The number of benzene rings is 2. The van der Waals surface area contributed by atoms with Crippen molar-refractivity contribution in [3.05, 3.63) is 59.7 Å². The van der Waals surface area contributed by atoms with E-state index in [9.17, 15) is 9.59 Å².